The van der Waals surface area contributed by atoms with Crippen LogP contribution in [0.15, 0.2) is 54.6 Å². The van der Waals surface area contributed by atoms with Crippen molar-refractivity contribution in [3.05, 3.63) is 71.3 Å². The first-order valence-electron chi connectivity index (χ1n) is 8.80. The van der Waals surface area contributed by atoms with Crippen molar-refractivity contribution < 1.29 is 19.1 Å². The molecular formula is C21H23NO4. The van der Waals surface area contributed by atoms with Crippen LogP contribution in [0, 0.1) is 0 Å². The largest absolute Gasteiger partial charge is 0.465 e. The highest BCUT2D eigenvalue weighted by molar-refractivity contribution is 5.96. The fraction of sp³-hybridized carbons (Fsp3) is 0.333. The van der Waals surface area contributed by atoms with E-state index in [4.69, 9.17) is 4.74 Å². The molecule has 1 aliphatic rings. The molecule has 1 fully saturated rings. The molecule has 1 heterocycles. The predicted molar refractivity (Wildman–Crippen MR) is 98.2 cm³/mol. The molecule has 1 atom stereocenters. The molecule has 0 unspecified atom stereocenters. The van der Waals surface area contributed by atoms with Gasteiger partial charge in [-0.1, -0.05) is 30.3 Å². The van der Waals surface area contributed by atoms with Crippen LogP contribution < -0.4 is 0 Å². The molecule has 0 bridgehead atoms. The van der Waals surface area contributed by atoms with Crippen LogP contribution in [0.2, 0.25) is 0 Å². The number of hydrogen-bond acceptors (Lipinski definition) is 4. The quantitative estimate of drug-likeness (QED) is 0.776. The normalized spacial score (nSPS) is 17.0. The number of rotatable bonds is 5. The summed E-state index contributed by atoms with van der Waals surface area (Å²) in [5.41, 5.74) is 2.28. The zero-order valence-corrected chi connectivity index (χ0v) is 14.9. The molecule has 1 aliphatic heterocycles. The fourth-order valence-corrected chi connectivity index (χ4v) is 3.10. The van der Waals surface area contributed by atoms with Crippen molar-refractivity contribution in [2.75, 3.05) is 26.8 Å². The van der Waals surface area contributed by atoms with Crippen LogP contribution in [-0.4, -0.2) is 49.7 Å². The van der Waals surface area contributed by atoms with Gasteiger partial charge in [-0.3, -0.25) is 4.79 Å². The Morgan fingerprint density at radius 3 is 2.46 bits per heavy atom. The first-order chi connectivity index (χ1) is 12.7. The molecule has 5 heteroatoms. The maximum Gasteiger partial charge on any atom is 0.337 e. The van der Waals surface area contributed by atoms with Gasteiger partial charge in [-0.05, 0) is 42.7 Å². The van der Waals surface area contributed by atoms with E-state index in [1.54, 1.807) is 24.3 Å². The number of benzene rings is 2. The standard InChI is InChI=1S/C21H23NO4/c1-25-21(24)18-10-8-17(9-11-18)20(23)22-13-14-26-19(15-22)12-7-16-5-3-2-4-6-16/h2-6,8-11,19H,7,12-15H2,1H3/t19-/m1/s1. The van der Waals surface area contributed by atoms with E-state index >= 15 is 0 Å². The predicted octanol–water partition coefficient (Wildman–Crippen LogP) is 2.95. The Balaban J connectivity index is 1.58. The first-order valence-corrected chi connectivity index (χ1v) is 8.80. The minimum atomic E-state index is -0.406. The van der Waals surface area contributed by atoms with Gasteiger partial charge >= 0.3 is 5.97 Å². The third kappa shape index (κ3) is 4.49. The summed E-state index contributed by atoms with van der Waals surface area (Å²) in [5, 5.41) is 0. The van der Waals surface area contributed by atoms with Crippen LogP contribution in [-0.2, 0) is 15.9 Å². The lowest BCUT2D eigenvalue weighted by atomic mass is 10.0. The molecular weight excluding hydrogens is 330 g/mol. The third-order valence-electron chi connectivity index (χ3n) is 4.58. The van der Waals surface area contributed by atoms with Crippen molar-refractivity contribution in [3.63, 3.8) is 0 Å². The maximum atomic E-state index is 12.7. The van der Waals surface area contributed by atoms with Crippen molar-refractivity contribution in [1.82, 2.24) is 4.90 Å². The summed E-state index contributed by atoms with van der Waals surface area (Å²) in [5.74, 6) is -0.439. The molecule has 0 aliphatic carbocycles. The number of methoxy groups -OCH3 is 1. The minimum absolute atomic E-state index is 0.0329. The lowest BCUT2D eigenvalue weighted by Crippen LogP contribution is -2.45. The summed E-state index contributed by atoms with van der Waals surface area (Å²) in [6, 6.07) is 16.9. The Labute approximate surface area is 153 Å². The van der Waals surface area contributed by atoms with Crippen LogP contribution in [0.5, 0.6) is 0 Å². The van der Waals surface area contributed by atoms with E-state index in [1.165, 1.54) is 12.7 Å². The molecule has 2 aromatic rings. The first kappa shape index (κ1) is 18.1. The summed E-state index contributed by atoms with van der Waals surface area (Å²) in [6.45, 7) is 1.72. The number of hydrogen-bond donors (Lipinski definition) is 0. The van der Waals surface area contributed by atoms with Crippen LogP contribution in [0.4, 0.5) is 0 Å². The number of carbonyl (C=O) groups excluding carboxylic acids is 2. The van der Waals surface area contributed by atoms with E-state index in [0.717, 1.165) is 12.8 Å². The third-order valence-corrected chi connectivity index (χ3v) is 4.58. The Morgan fingerprint density at radius 1 is 1.08 bits per heavy atom. The molecule has 136 valence electrons. The van der Waals surface area contributed by atoms with Crippen LogP contribution in [0.1, 0.15) is 32.7 Å². The Morgan fingerprint density at radius 2 is 1.77 bits per heavy atom. The molecule has 5 nitrogen and oxygen atoms in total. The molecule has 2 aromatic carbocycles. The minimum Gasteiger partial charge on any atom is -0.465 e. The van der Waals surface area contributed by atoms with E-state index in [-0.39, 0.29) is 12.0 Å². The Hall–Kier alpha value is -2.66. The van der Waals surface area contributed by atoms with E-state index in [9.17, 15) is 9.59 Å². The number of morpholine rings is 1. The van der Waals surface area contributed by atoms with Gasteiger partial charge in [0.25, 0.3) is 5.91 Å². The van der Waals surface area contributed by atoms with Gasteiger partial charge in [0, 0.05) is 18.7 Å². The number of ether oxygens (including phenoxy) is 2. The number of carbonyl (C=O) groups is 2. The lowest BCUT2D eigenvalue weighted by molar-refractivity contribution is -0.0246. The molecule has 0 spiro atoms. The average Bonchev–Trinajstić information content (AvgIpc) is 2.72. The van der Waals surface area contributed by atoms with Crippen LogP contribution in [0.25, 0.3) is 0 Å². The van der Waals surface area contributed by atoms with Crippen molar-refractivity contribution >= 4 is 11.9 Å². The van der Waals surface area contributed by atoms with Crippen LogP contribution >= 0.6 is 0 Å². The second-order valence-corrected chi connectivity index (χ2v) is 6.34. The van der Waals surface area contributed by atoms with Gasteiger partial charge in [-0.15, -0.1) is 0 Å². The molecule has 0 saturated carbocycles. The SMILES string of the molecule is COC(=O)c1ccc(C(=O)N2CCO[C@H](CCc3ccccc3)C2)cc1. The van der Waals surface area contributed by atoms with Crippen molar-refractivity contribution in [3.8, 4) is 0 Å². The number of amides is 1. The molecule has 1 amide bonds. The average molecular weight is 353 g/mol. The van der Waals surface area contributed by atoms with Crippen molar-refractivity contribution in [1.29, 1.82) is 0 Å². The van der Waals surface area contributed by atoms with E-state index in [0.29, 0.717) is 30.8 Å². The van der Waals surface area contributed by atoms with Crippen molar-refractivity contribution in [2.45, 2.75) is 18.9 Å². The summed E-state index contributed by atoms with van der Waals surface area (Å²) < 4.78 is 10.5. The molecule has 0 N–H and O–H groups in total. The second kappa shape index (κ2) is 8.63. The number of aryl methyl sites for hydroxylation is 1. The van der Waals surface area contributed by atoms with Gasteiger partial charge in [-0.2, -0.15) is 0 Å². The van der Waals surface area contributed by atoms with Gasteiger partial charge in [0.15, 0.2) is 0 Å². The summed E-state index contributed by atoms with van der Waals surface area (Å²) in [4.78, 5) is 26.0. The zero-order chi connectivity index (χ0) is 18.4. The monoisotopic (exact) mass is 353 g/mol. The summed E-state index contributed by atoms with van der Waals surface area (Å²) in [7, 11) is 1.34. The highest BCUT2D eigenvalue weighted by Gasteiger charge is 2.25. The Bertz CT molecular complexity index is 742. The van der Waals surface area contributed by atoms with Crippen molar-refractivity contribution in [2.24, 2.45) is 0 Å². The molecule has 1 saturated heterocycles. The van der Waals surface area contributed by atoms with Crippen LogP contribution in [0.3, 0.4) is 0 Å². The maximum absolute atomic E-state index is 12.7. The van der Waals surface area contributed by atoms with E-state index < -0.39 is 5.97 Å². The lowest BCUT2D eigenvalue weighted by Gasteiger charge is -2.33. The number of esters is 1. The topological polar surface area (TPSA) is 55.8 Å². The fourth-order valence-electron chi connectivity index (χ4n) is 3.10. The van der Waals surface area contributed by atoms with Gasteiger partial charge in [0.05, 0.1) is 25.4 Å². The highest BCUT2D eigenvalue weighted by Crippen LogP contribution is 2.16. The van der Waals surface area contributed by atoms with Gasteiger partial charge < -0.3 is 14.4 Å². The molecule has 26 heavy (non-hydrogen) atoms. The summed E-state index contributed by atoms with van der Waals surface area (Å²) in [6.07, 6.45) is 1.86. The van der Waals surface area contributed by atoms with Gasteiger partial charge in [0.1, 0.15) is 0 Å². The van der Waals surface area contributed by atoms with E-state index in [1.807, 2.05) is 23.1 Å². The molecule has 0 radical (unpaired) electrons. The van der Waals surface area contributed by atoms with Gasteiger partial charge in [0.2, 0.25) is 0 Å². The smallest absolute Gasteiger partial charge is 0.337 e. The Kier molecular flexibility index (Phi) is 6.02. The highest BCUT2D eigenvalue weighted by atomic mass is 16.5. The zero-order valence-electron chi connectivity index (χ0n) is 14.9. The van der Waals surface area contributed by atoms with E-state index in [2.05, 4.69) is 16.9 Å². The van der Waals surface area contributed by atoms with Gasteiger partial charge in [-0.25, -0.2) is 4.79 Å². The second-order valence-electron chi connectivity index (χ2n) is 6.34. The number of nitrogens with zero attached hydrogens (tertiary/aromatic N) is 1. The summed E-state index contributed by atoms with van der Waals surface area (Å²) >= 11 is 0. The molecule has 0 aromatic heterocycles. The molecule has 3 rings (SSSR count).